The van der Waals surface area contributed by atoms with E-state index < -0.39 is 0 Å². The van der Waals surface area contributed by atoms with Crippen molar-refractivity contribution in [3.8, 4) is 5.75 Å². The molecule has 1 atom stereocenters. The number of rotatable bonds is 10. The van der Waals surface area contributed by atoms with Crippen LogP contribution < -0.4 is 10.1 Å². The maximum atomic E-state index is 6.24. The average molecular weight is 302 g/mol. The highest BCUT2D eigenvalue weighted by molar-refractivity contribution is 6.31. The van der Waals surface area contributed by atoms with E-state index in [1.54, 1.807) is 7.11 Å². The monoisotopic (exact) mass is 301 g/mol. The lowest BCUT2D eigenvalue weighted by molar-refractivity contribution is 0.0806. The number of hydrogen-bond acceptors (Lipinski definition) is 4. The van der Waals surface area contributed by atoms with Gasteiger partial charge in [0.1, 0.15) is 12.4 Å². The molecule has 0 aliphatic carbocycles. The lowest BCUT2D eigenvalue weighted by atomic mass is 10.1. The molecule has 1 N–H and O–H groups in total. The molecule has 0 aliphatic rings. The van der Waals surface area contributed by atoms with Crippen LogP contribution in [-0.2, 0) is 9.47 Å². The van der Waals surface area contributed by atoms with Gasteiger partial charge in [-0.1, -0.05) is 17.7 Å². The molecule has 5 heteroatoms. The van der Waals surface area contributed by atoms with Gasteiger partial charge in [-0.3, -0.25) is 0 Å². The van der Waals surface area contributed by atoms with Crippen LogP contribution in [0, 0.1) is 0 Å². The second-order valence-corrected chi connectivity index (χ2v) is 4.91. The molecule has 0 aromatic heterocycles. The molecule has 1 aromatic rings. The third-order valence-corrected chi connectivity index (χ3v) is 3.33. The fourth-order valence-electron chi connectivity index (χ4n) is 1.73. The van der Waals surface area contributed by atoms with Crippen LogP contribution in [0.25, 0.3) is 0 Å². The SMILES string of the molecule is CNC(C)c1ccc(OCCOCCCOC)cc1Cl. The van der Waals surface area contributed by atoms with Crippen LogP contribution in [0.15, 0.2) is 18.2 Å². The average Bonchev–Trinajstić information content (AvgIpc) is 2.45. The van der Waals surface area contributed by atoms with Crippen molar-refractivity contribution in [2.75, 3.05) is 40.6 Å². The molecule has 0 amide bonds. The summed E-state index contributed by atoms with van der Waals surface area (Å²) in [5, 5.41) is 3.88. The summed E-state index contributed by atoms with van der Waals surface area (Å²) in [6.45, 7) is 4.56. The standard InChI is InChI=1S/C15H24ClNO3/c1-12(17-2)14-6-5-13(11-15(14)16)20-10-9-19-8-4-7-18-3/h5-6,11-12,17H,4,7-10H2,1-3H3. The lowest BCUT2D eigenvalue weighted by Crippen LogP contribution is -2.13. The third-order valence-electron chi connectivity index (χ3n) is 3.00. The number of halogens is 1. The van der Waals surface area contributed by atoms with Crippen LogP contribution >= 0.6 is 11.6 Å². The normalized spacial score (nSPS) is 12.4. The van der Waals surface area contributed by atoms with Gasteiger partial charge in [-0.15, -0.1) is 0 Å². The van der Waals surface area contributed by atoms with E-state index in [1.807, 2.05) is 25.2 Å². The van der Waals surface area contributed by atoms with Crippen molar-refractivity contribution in [3.63, 3.8) is 0 Å². The molecule has 1 aromatic carbocycles. The fraction of sp³-hybridized carbons (Fsp3) is 0.600. The largest absolute Gasteiger partial charge is 0.491 e. The second-order valence-electron chi connectivity index (χ2n) is 4.50. The third kappa shape index (κ3) is 6.09. The highest BCUT2D eigenvalue weighted by Crippen LogP contribution is 2.27. The molecule has 0 spiro atoms. The Morgan fingerprint density at radius 3 is 2.65 bits per heavy atom. The van der Waals surface area contributed by atoms with Crippen LogP contribution in [0.1, 0.15) is 24.9 Å². The zero-order valence-electron chi connectivity index (χ0n) is 12.4. The number of ether oxygens (including phenoxy) is 3. The van der Waals surface area contributed by atoms with Gasteiger partial charge in [0.05, 0.1) is 6.61 Å². The van der Waals surface area contributed by atoms with E-state index in [0.717, 1.165) is 24.3 Å². The van der Waals surface area contributed by atoms with Gasteiger partial charge in [0.25, 0.3) is 0 Å². The van der Waals surface area contributed by atoms with Crippen molar-refractivity contribution in [2.45, 2.75) is 19.4 Å². The molecule has 1 rings (SSSR count). The molecule has 0 aliphatic heterocycles. The lowest BCUT2D eigenvalue weighted by Gasteiger charge is -2.14. The first kappa shape index (κ1) is 17.2. The minimum absolute atomic E-state index is 0.223. The molecule has 0 bridgehead atoms. The van der Waals surface area contributed by atoms with Gasteiger partial charge in [0.15, 0.2) is 0 Å². The summed E-state index contributed by atoms with van der Waals surface area (Å²) in [6.07, 6.45) is 0.902. The molecule has 20 heavy (non-hydrogen) atoms. The molecule has 1 unspecified atom stereocenters. The molecule has 4 nitrogen and oxygen atoms in total. The van der Waals surface area contributed by atoms with Crippen LogP contribution in [-0.4, -0.2) is 40.6 Å². The second kappa shape index (κ2) is 10.00. The van der Waals surface area contributed by atoms with Crippen molar-refractivity contribution in [3.05, 3.63) is 28.8 Å². The van der Waals surface area contributed by atoms with E-state index in [1.165, 1.54) is 0 Å². The van der Waals surface area contributed by atoms with Crippen LogP contribution in [0.2, 0.25) is 5.02 Å². The van der Waals surface area contributed by atoms with Gasteiger partial charge in [-0.25, -0.2) is 0 Å². The maximum Gasteiger partial charge on any atom is 0.120 e. The number of benzene rings is 1. The maximum absolute atomic E-state index is 6.24. The van der Waals surface area contributed by atoms with Crippen LogP contribution in [0.4, 0.5) is 0 Å². The predicted molar refractivity (Wildman–Crippen MR) is 81.7 cm³/mol. The number of methoxy groups -OCH3 is 1. The first-order valence-corrected chi connectivity index (χ1v) is 7.23. The Hall–Kier alpha value is -0.810. The summed E-state index contributed by atoms with van der Waals surface area (Å²) in [6, 6.07) is 5.98. The minimum atomic E-state index is 0.223. The first-order valence-electron chi connectivity index (χ1n) is 6.85. The van der Waals surface area contributed by atoms with Gasteiger partial charge in [-0.2, -0.15) is 0 Å². The highest BCUT2D eigenvalue weighted by atomic mass is 35.5. The van der Waals surface area contributed by atoms with E-state index in [4.69, 9.17) is 25.8 Å². The summed E-state index contributed by atoms with van der Waals surface area (Å²) < 4.78 is 16.0. The van der Waals surface area contributed by atoms with Crippen LogP contribution in [0.3, 0.4) is 0 Å². The topological polar surface area (TPSA) is 39.7 Å². The van der Waals surface area contributed by atoms with Crippen molar-refractivity contribution in [2.24, 2.45) is 0 Å². The quantitative estimate of drug-likeness (QED) is 0.674. The molecule has 0 saturated heterocycles. The van der Waals surface area contributed by atoms with Crippen molar-refractivity contribution < 1.29 is 14.2 Å². The molecular formula is C15H24ClNO3. The minimum Gasteiger partial charge on any atom is -0.491 e. The van der Waals surface area contributed by atoms with E-state index in [9.17, 15) is 0 Å². The Morgan fingerprint density at radius 2 is 2.00 bits per heavy atom. The Labute approximate surface area is 126 Å². The highest BCUT2D eigenvalue weighted by Gasteiger charge is 2.08. The summed E-state index contributed by atoms with van der Waals surface area (Å²) in [7, 11) is 3.60. The molecular weight excluding hydrogens is 278 g/mol. The first-order chi connectivity index (χ1) is 9.69. The van der Waals surface area contributed by atoms with Gasteiger partial charge < -0.3 is 19.5 Å². The van der Waals surface area contributed by atoms with E-state index >= 15 is 0 Å². The summed E-state index contributed by atoms with van der Waals surface area (Å²) in [5.74, 6) is 0.766. The van der Waals surface area contributed by atoms with Gasteiger partial charge in [0, 0.05) is 31.4 Å². The molecule has 114 valence electrons. The molecule has 0 fully saturated rings. The van der Waals surface area contributed by atoms with E-state index in [0.29, 0.717) is 24.8 Å². The summed E-state index contributed by atoms with van der Waals surface area (Å²) in [5.41, 5.74) is 1.07. The summed E-state index contributed by atoms with van der Waals surface area (Å²) in [4.78, 5) is 0. The predicted octanol–water partition coefficient (Wildman–Crippen LogP) is 3.05. The fourth-order valence-corrected chi connectivity index (χ4v) is 2.06. The van der Waals surface area contributed by atoms with E-state index in [2.05, 4.69) is 12.2 Å². The Morgan fingerprint density at radius 1 is 1.20 bits per heavy atom. The Balaban J connectivity index is 2.29. The van der Waals surface area contributed by atoms with Gasteiger partial charge >= 0.3 is 0 Å². The molecule has 0 heterocycles. The number of nitrogens with one attached hydrogen (secondary N) is 1. The van der Waals surface area contributed by atoms with Gasteiger partial charge in [-0.05, 0) is 38.1 Å². The smallest absolute Gasteiger partial charge is 0.120 e. The summed E-state index contributed by atoms with van der Waals surface area (Å²) >= 11 is 6.24. The van der Waals surface area contributed by atoms with Crippen molar-refractivity contribution in [1.82, 2.24) is 5.32 Å². The zero-order chi connectivity index (χ0) is 14.8. The van der Waals surface area contributed by atoms with Crippen molar-refractivity contribution in [1.29, 1.82) is 0 Å². The van der Waals surface area contributed by atoms with Crippen LogP contribution in [0.5, 0.6) is 5.75 Å². The molecule has 0 radical (unpaired) electrons. The number of hydrogen-bond donors (Lipinski definition) is 1. The Bertz CT molecular complexity index is 387. The van der Waals surface area contributed by atoms with Crippen molar-refractivity contribution >= 4 is 11.6 Å². The molecule has 0 saturated carbocycles. The Kier molecular flexibility index (Phi) is 8.62. The zero-order valence-corrected chi connectivity index (χ0v) is 13.2. The van der Waals surface area contributed by atoms with E-state index in [-0.39, 0.29) is 6.04 Å². The van der Waals surface area contributed by atoms with Gasteiger partial charge in [0.2, 0.25) is 0 Å².